The Bertz CT molecular complexity index is 473. The summed E-state index contributed by atoms with van der Waals surface area (Å²) in [5.74, 6) is 0.0584. The summed E-state index contributed by atoms with van der Waals surface area (Å²) >= 11 is 0. The summed E-state index contributed by atoms with van der Waals surface area (Å²) in [5, 5.41) is 6.22. The van der Waals surface area contributed by atoms with E-state index in [1.54, 1.807) is 0 Å². The molecule has 2 rings (SSSR count). The van der Waals surface area contributed by atoms with Crippen LogP contribution in [0.1, 0.15) is 66.8 Å². The normalized spacial score (nSPS) is 16.1. The highest BCUT2D eigenvalue weighted by Crippen LogP contribution is 2.32. The molecule has 0 spiro atoms. The van der Waals surface area contributed by atoms with Crippen molar-refractivity contribution >= 4 is 5.91 Å². The number of nitrogens with zero attached hydrogens (tertiary/aromatic N) is 1. The Hall–Kier alpha value is -1.29. The van der Waals surface area contributed by atoms with Gasteiger partial charge in [0.05, 0.1) is 5.56 Å². The highest BCUT2D eigenvalue weighted by Gasteiger charge is 2.22. The van der Waals surface area contributed by atoms with Crippen LogP contribution < -0.4 is 10.6 Å². The highest BCUT2D eigenvalue weighted by molar-refractivity contribution is 5.95. The summed E-state index contributed by atoms with van der Waals surface area (Å²) in [7, 11) is 0. The minimum Gasteiger partial charge on any atom is -0.351 e. The monoisotopic (exact) mass is 291 g/mol. The van der Waals surface area contributed by atoms with Crippen LogP contribution in [0.3, 0.4) is 0 Å². The predicted molar refractivity (Wildman–Crippen MR) is 86.9 cm³/mol. The van der Waals surface area contributed by atoms with E-state index in [0.717, 1.165) is 24.3 Å². The van der Waals surface area contributed by atoms with E-state index in [1.807, 2.05) is 6.07 Å². The number of hydrogen-bond acceptors (Lipinski definition) is 2. The van der Waals surface area contributed by atoms with Gasteiger partial charge in [-0.3, -0.25) is 4.79 Å². The second kappa shape index (κ2) is 7.64. The Kier molecular flexibility index (Phi) is 5.85. The summed E-state index contributed by atoms with van der Waals surface area (Å²) in [6.45, 7) is 8.72. The molecule has 1 aromatic rings. The molecule has 0 aliphatic heterocycles. The number of likely N-dealkylation sites (N-methyl/N-ethyl adjacent to an activating group) is 1. The Balaban J connectivity index is 2.05. The fraction of sp³-hybridized carbons (Fsp3) is 0.706. The van der Waals surface area contributed by atoms with Crippen LogP contribution in [0, 0.1) is 13.8 Å². The largest absolute Gasteiger partial charge is 0.351 e. The molecule has 1 fully saturated rings. The van der Waals surface area contributed by atoms with Crippen molar-refractivity contribution in [2.24, 2.45) is 0 Å². The Morgan fingerprint density at radius 2 is 1.95 bits per heavy atom. The van der Waals surface area contributed by atoms with Crippen molar-refractivity contribution < 1.29 is 4.79 Å². The second-order valence-corrected chi connectivity index (χ2v) is 6.06. The number of amides is 1. The standard InChI is InChI=1S/C17H29N3O/c1-4-18-10-11-19-17(21)16-12-13(2)20(14(16)3)15-8-6-5-7-9-15/h12,15,18H,4-11H2,1-3H3,(H,19,21). The first kappa shape index (κ1) is 16.1. The van der Waals surface area contributed by atoms with E-state index >= 15 is 0 Å². The number of carbonyl (C=O) groups excluding carboxylic acids is 1. The molecular formula is C17H29N3O. The Morgan fingerprint density at radius 1 is 1.24 bits per heavy atom. The van der Waals surface area contributed by atoms with Crippen molar-refractivity contribution in [1.29, 1.82) is 0 Å². The van der Waals surface area contributed by atoms with Crippen LogP contribution in [0.5, 0.6) is 0 Å². The molecule has 0 bridgehead atoms. The molecule has 0 aromatic carbocycles. The Morgan fingerprint density at radius 3 is 2.62 bits per heavy atom. The van der Waals surface area contributed by atoms with Gasteiger partial charge in [-0.1, -0.05) is 26.2 Å². The maximum absolute atomic E-state index is 12.3. The van der Waals surface area contributed by atoms with Gasteiger partial charge in [-0.15, -0.1) is 0 Å². The summed E-state index contributed by atoms with van der Waals surface area (Å²) in [5.41, 5.74) is 3.19. The molecule has 4 heteroatoms. The molecular weight excluding hydrogens is 262 g/mol. The van der Waals surface area contributed by atoms with E-state index in [-0.39, 0.29) is 5.91 Å². The molecule has 21 heavy (non-hydrogen) atoms. The van der Waals surface area contributed by atoms with Gasteiger partial charge < -0.3 is 15.2 Å². The summed E-state index contributed by atoms with van der Waals surface area (Å²) in [6.07, 6.45) is 6.47. The highest BCUT2D eigenvalue weighted by atomic mass is 16.1. The molecule has 0 radical (unpaired) electrons. The van der Waals surface area contributed by atoms with E-state index in [2.05, 4.69) is 36.0 Å². The predicted octanol–water partition coefficient (Wildman–Crippen LogP) is 2.95. The molecule has 1 saturated carbocycles. The zero-order valence-electron chi connectivity index (χ0n) is 13.7. The van der Waals surface area contributed by atoms with Crippen LogP contribution in [-0.2, 0) is 0 Å². The molecule has 0 unspecified atom stereocenters. The van der Waals surface area contributed by atoms with E-state index in [4.69, 9.17) is 0 Å². The average molecular weight is 291 g/mol. The van der Waals surface area contributed by atoms with Crippen molar-refractivity contribution in [2.45, 2.75) is 58.9 Å². The van der Waals surface area contributed by atoms with Gasteiger partial charge in [0.2, 0.25) is 0 Å². The minimum absolute atomic E-state index is 0.0584. The van der Waals surface area contributed by atoms with Crippen LogP contribution in [0.15, 0.2) is 6.07 Å². The van der Waals surface area contributed by atoms with Crippen LogP contribution in [-0.4, -0.2) is 30.1 Å². The van der Waals surface area contributed by atoms with Crippen LogP contribution in [0.4, 0.5) is 0 Å². The lowest BCUT2D eigenvalue weighted by atomic mass is 9.95. The van der Waals surface area contributed by atoms with Gasteiger partial charge in [-0.05, 0) is 39.3 Å². The van der Waals surface area contributed by atoms with E-state index in [9.17, 15) is 4.79 Å². The second-order valence-electron chi connectivity index (χ2n) is 6.06. The fourth-order valence-electron chi connectivity index (χ4n) is 3.44. The maximum atomic E-state index is 12.3. The lowest BCUT2D eigenvalue weighted by molar-refractivity contribution is 0.0953. The summed E-state index contributed by atoms with van der Waals surface area (Å²) in [6, 6.07) is 2.63. The maximum Gasteiger partial charge on any atom is 0.253 e. The molecule has 1 aromatic heterocycles. The van der Waals surface area contributed by atoms with Crippen LogP contribution >= 0.6 is 0 Å². The molecule has 4 nitrogen and oxygen atoms in total. The molecule has 0 atom stereocenters. The van der Waals surface area contributed by atoms with Crippen molar-refractivity contribution in [1.82, 2.24) is 15.2 Å². The smallest absolute Gasteiger partial charge is 0.253 e. The van der Waals surface area contributed by atoms with Crippen LogP contribution in [0.25, 0.3) is 0 Å². The minimum atomic E-state index is 0.0584. The number of rotatable bonds is 6. The molecule has 1 heterocycles. The molecule has 1 amide bonds. The summed E-state index contributed by atoms with van der Waals surface area (Å²) < 4.78 is 2.39. The molecule has 1 aliphatic rings. The van der Waals surface area contributed by atoms with Crippen molar-refractivity contribution in [3.8, 4) is 0 Å². The third-order valence-corrected chi connectivity index (χ3v) is 4.51. The van der Waals surface area contributed by atoms with E-state index in [0.29, 0.717) is 12.6 Å². The van der Waals surface area contributed by atoms with Gasteiger partial charge in [-0.2, -0.15) is 0 Å². The first-order valence-corrected chi connectivity index (χ1v) is 8.32. The van der Waals surface area contributed by atoms with Gasteiger partial charge in [0.1, 0.15) is 0 Å². The van der Waals surface area contributed by atoms with Gasteiger partial charge >= 0.3 is 0 Å². The fourth-order valence-corrected chi connectivity index (χ4v) is 3.44. The average Bonchev–Trinajstić information content (AvgIpc) is 2.79. The third-order valence-electron chi connectivity index (χ3n) is 4.51. The quantitative estimate of drug-likeness (QED) is 0.792. The zero-order chi connectivity index (χ0) is 15.2. The van der Waals surface area contributed by atoms with Crippen molar-refractivity contribution in [3.05, 3.63) is 23.0 Å². The van der Waals surface area contributed by atoms with Gasteiger partial charge in [0, 0.05) is 30.5 Å². The van der Waals surface area contributed by atoms with E-state index < -0.39 is 0 Å². The topological polar surface area (TPSA) is 46.1 Å². The molecule has 0 saturated heterocycles. The first-order chi connectivity index (χ1) is 10.1. The van der Waals surface area contributed by atoms with E-state index in [1.165, 1.54) is 37.8 Å². The SMILES string of the molecule is CCNCCNC(=O)c1cc(C)n(C2CCCCC2)c1C. The third kappa shape index (κ3) is 3.88. The van der Waals surface area contributed by atoms with Gasteiger partial charge in [-0.25, -0.2) is 0 Å². The first-order valence-electron chi connectivity index (χ1n) is 8.32. The lowest BCUT2D eigenvalue weighted by Crippen LogP contribution is -2.32. The molecule has 118 valence electrons. The lowest BCUT2D eigenvalue weighted by Gasteiger charge is -2.26. The number of aryl methyl sites for hydroxylation is 1. The summed E-state index contributed by atoms with van der Waals surface area (Å²) in [4.78, 5) is 12.3. The zero-order valence-corrected chi connectivity index (χ0v) is 13.7. The number of carbonyl (C=O) groups is 1. The molecule has 1 aliphatic carbocycles. The van der Waals surface area contributed by atoms with Crippen molar-refractivity contribution in [3.63, 3.8) is 0 Å². The van der Waals surface area contributed by atoms with Crippen LogP contribution in [0.2, 0.25) is 0 Å². The van der Waals surface area contributed by atoms with Gasteiger partial charge in [0.25, 0.3) is 5.91 Å². The Labute approximate surface area is 128 Å². The number of hydrogen-bond donors (Lipinski definition) is 2. The van der Waals surface area contributed by atoms with Crippen molar-refractivity contribution in [2.75, 3.05) is 19.6 Å². The number of nitrogens with one attached hydrogen (secondary N) is 2. The number of aromatic nitrogens is 1. The van der Waals surface area contributed by atoms with Gasteiger partial charge in [0.15, 0.2) is 0 Å². The molecule has 2 N–H and O–H groups in total.